The van der Waals surface area contributed by atoms with Crippen molar-refractivity contribution in [2.24, 2.45) is 5.92 Å². The van der Waals surface area contributed by atoms with E-state index in [1.165, 1.54) is 0 Å². The average molecular weight is 245 g/mol. The molecule has 2 heterocycles. The summed E-state index contributed by atoms with van der Waals surface area (Å²) in [5, 5.41) is 3.16. The number of amides is 1. The quantitative estimate of drug-likeness (QED) is 0.823. The second-order valence-corrected chi connectivity index (χ2v) is 5.27. The Morgan fingerprint density at radius 1 is 1.50 bits per heavy atom. The molecule has 0 saturated carbocycles. The van der Waals surface area contributed by atoms with Crippen LogP contribution in [0.3, 0.4) is 0 Å². The van der Waals surface area contributed by atoms with E-state index >= 15 is 0 Å². The maximum absolute atomic E-state index is 11.9. The van der Waals surface area contributed by atoms with Gasteiger partial charge in [0.1, 0.15) is 5.82 Å². The van der Waals surface area contributed by atoms with Gasteiger partial charge in [-0.3, -0.25) is 4.79 Å². The second-order valence-electron chi connectivity index (χ2n) is 5.27. The van der Waals surface area contributed by atoms with Crippen molar-refractivity contribution >= 4 is 5.91 Å². The number of nitrogens with one attached hydrogen (secondary N) is 1. The first-order chi connectivity index (χ1) is 8.81. The van der Waals surface area contributed by atoms with E-state index in [9.17, 15) is 4.79 Å². The number of aryl methyl sites for hydroxylation is 1. The second kappa shape index (κ2) is 4.96. The lowest BCUT2D eigenvalue weighted by molar-refractivity contribution is -0.122. The summed E-state index contributed by atoms with van der Waals surface area (Å²) in [4.78, 5) is 16.2. The molecule has 3 rings (SSSR count). The van der Waals surface area contributed by atoms with Crippen LogP contribution < -0.4 is 5.32 Å². The molecule has 1 aliphatic carbocycles. The van der Waals surface area contributed by atoms with Crippen LogP contribution in [0, 0.1) is 5.92 Å². The van der Waals surface area contributed by atoms with Crippen LogP contribution in [0.1, 0.15) is 31.5 Å². The molecule has 1 N–H and O–H groups in total. The average Bonchev–Trinajstić information content (AvgIpc) is 2.98. The Balaban J connectivity index is 1.51. The van der Waals surface area contributed by atoms with E-state index in [0.717, 1.165) is 38.1 Å². The van der Waals surface area contributed by atoms with E-state index in [0.29, 0.717) is 12.3 Å². The molecule has 18 heavy (non-hydrogen) atoms. The van der Waals surface area contributed by atoms with Gasteiger partial charge in [-0.25, -0.2) is 4.98 Å². The van der Waals surface area contributed by atoms with Gasteiger partial charge in [0.2, 0.25) is 5.91 Å². The van der Waals surface area contributed by atoms with Crippen LogP contribution in [0.15, 0.2) is 24.5 Å². The molecule has 0 saturated heterocycles. The van der Waals surface area contributed by atoms with Crippen molar-refractivity contribution in [3.63, 3.8) is 0 Å². The van der Waals surface area contributed by atoms with Gasteiger partial charge in [0.25, 0.3) is 0 Å². The first-order valence-corrected chi connectivity index (χ1v) is 6.77. The third-order valence-corrected chi connectivity index (χ3v) is 3.86. The molecule has 1 aromatic heterocycles. The molecule has 1 aromatic rings. The van der Waals surface area contributed by atoms with E-state index in [1.54, 1.807) is 0 Å². The van der Waals surface area contributed by atoms with Crippen molar-refractivity contribution in [1.29, 1.82) is 0 Å². The Morgan fingerprint density at radius 2 is 2.44 bits per heavy atom. The van der Waals surface area contributed by atoms with Gasteiger partial charge in [-0.05, 0) is 25.2 Å². The van der Waals surface area contributed by atoms with E-state index in [1.807, 2.05) is 12.4 Å². The topological polar surface area (TPSA) is 46.9 Å². The van der Waals surface area contributed by atoms with Crippen LogP contribution in [-0.2, 0) is 17.8 Å². The molecule has 0 unspecified atom stereocenters. The lowest BCUT2D eigenvalue weighted by Crippen LogP contribution is -2.41. The van der Waals surface area contributed by atoms with Crippen LogP contribution in [0.2, 0.25) is 0 Å². The first-order valence-electron chi connectivity index (χ1n) is 6.77. The number of rotatable bonds is 3. The van der Waals surface area contributed by atoms with Gasteiger partial charge in [-0.2, -0.15) is 0 Å². The highest BCUT2D eigenvalue weighted by Gasteiger charge is 2.21. The molecule has 96 valence electrons. The van der Waals surface area contributed by atoms with Crippen molar-refractivity contribution in [3.8, 4) is 0 Å². The fraction of sp³-hybridized carbons (Fsp3) is 0.571. The molecule has 0 fully saturated rings. The van der Waals surface area contributed by atoms with Gasteiger partial charge in [0, 0.05) is 37.8 Å². The maximum atomic E-state index is 11.9. The van der Waals surface area contributed by atoms with Crippen LogP contribution in [0.25, 0.3) is 0 Å². The zero-order valence-electron chi connectivity index (χ0n) is 10.5. The number of aromatic nitrogens is 2. The van der Waals surface area contributed by atoms with Crippen molar-refractivity contribution in [1.82, 2.24) is 14.9 Å². The van der Waals surface area contributed by atoms with Crippen molar-refractivity contribution < 1.29 is 4.79 Å². The van der Waals surface area contributed by atoms with Gasteiger partial charge >= 0.3 is 0 Å². The van der Waals surface area contributed by atoms with Crippen molar-refractivity contribution in [2.45, 2.75) is 44.7 Å². The summed E-state index contributed by atoms with van der Waals surface area (Å²) < 4.78 is 2.14. The van der Waals surface area contributed by atoms with E-state index in [-0.39, 0.29) is 11.9 Å². The summed E-state index contributed by atoms with van der Waals surface area (Å²) in [6.45, 7) is 0.863. The molecule has 0 spiro atoms. The molecule has 4 heteroatoms. The molecule has 2 atom stereocenters. The van der Waals surface area contributed by atoms with E-state index in [2.05, 4.69) is 27.0 Å². The molecular formula is C14H19N3O. The maximum Gasteiger partial charge on any atom is 0.220 e. The lowest BCUT2D eigenvalue weighted by atomic mass is 10.0. The molecule has 1 amide bonds. The normalized spacial score (nSPS) is 26.0. The minimum atomic E-state index is 0.195. The summed E-state index contributed by atoms with van der Waals surface area (Å²) >= 11 is 0. The first kappa shape index (κ1) is 11.5. The molecule has 0 radical (unpaired) electrons. The minimum Gasteiger partial charge on any atom is -0.352 e. The third-order valence-electron chi connectivity index (χ3n) is 3.86. The molecule has 0 bridgehead atoms. The Kier molecular flexibility index (Phi) is 3.17. The largest absolute Gasteiger partial charge is 0.352 e. The number of carbonyl (C=O) groups excluding carboxylic acids is 1. The number of carbonyl (C=O) groups is 1. The van der Waals surface area contributed by atoms with E-state index in [4.69, 9.17) is 0 Å². The van der Waals surface area contributed by atoms with Gasteiger partial charge < -0.3 is 9.88 Å². The molecule has 0 aromatic carbocycles. The molecule has 1 aliphatic heterocycles. The Hall–Kier alpha value is -1.58. The van der Waals surface area contributed by atoms with Crippen LogP contribution in [0.5, 0.6) is 0 Å². The zero-order valence-corrected chi connectivity index (χ0v) is 10.5. The highest BCUT2D eigenvalue weighted by Crippen LogP contribution is 2.20. The number of fused-ring (bicyclic) bond motifs is 1. The summed E-state index contributed by atoms with van der Waals surface area (Å²) in [5.74, 6) is 1.79. The van der Waals surface area contributed by atoms with Crippen LogP contribution in [0.4, 0.5) is 0 Å². The van der Waals surface area contributed by atoms with Crippen LogP contribution in [-0.4, -0.2) is 21.5 Å². The number of nitrogens with zero attached hydrogens (tertiary/aromatic N) is 2. The highest BCUT2D eigenvalue weighted by molar-refractivity contribution is 5.76. The summed E-state index contributed by atoms with van der Waals surface area (Å²) in [5.41, 5.74) is 0. The van der Waals surface area contributed by atoms with Crippen LogP contribution >= 0.6 is 0 Å². The Bertz CT molecular complexity index is 463. The number of allylic oxidation sites excluding steroid dienone is 2. The fourth-order valence-corrected chi connectivity index (χ4v) is 2.87. The third kappa shape index (κ3) is 2.47. The van der Waals surface area contributed by atoms with E-state index < -0.39 is 0 Å². The molecule has 2 aliphatic rings. The highest BCUT2D eigenvalue weighted by atomic mass is 16.1. The molecule has 4 nitrogen and oxygen atoms in total. The molecular weight excluding hydrogens is 226 g/mol. The zero-order chi connectivity index (χ0) is 12.4. The predicted molar refractivity (Wildman–Crippen MR) is 69.0 cm³/mol. The minimum absolute atomic E-state index is 0.195. The van der Waals surface area contributed by atoms with Gasteiger partial charge in [0.15, 0.2) is 0 Å². The number of imidazole rings is 1. The Morgan fingerprint density at radius 3 is 3.28 bits per heavy atom. The standard InChI is InChI=1S/C14H19N3O/c18-14(9-11-3-1-2-4-11)16-12-5-6-13-15-7-8-17(13)10-12/h1,3,7-8,11-12H,2,4-6,9-10H2,(H,16,18)/t11-,12-/m0/s1. The fourth-order valence-electron chi connectivity index (χ4n) is 2.87. The Labute approximate surface area is 107 Å². The summed E-state index contributed by atoms with van der Waals surface area (Å²) in [6, 6.07) is 0.268. The van der Waals surface area contributed by atoms with Gasteiger partial charge in [-0.15, -0.1) is 0 Å². The smallest absolute Gasteiger partial charge is 0.220 e. The van der Waals surface area contributed by atoms with Gasteiger partial charge in [0.05, 0.1) is 0 Å². The van der Waals surface area contributed by atoms with Crippen molar-refractivity contribution in [3.05, 3.63) is 30.4 Å². The number of hydrogen-bond acceptors (Lipinski definition) is 2. The lowest BCUT2D eigenvalue weighted by Gasteiger charge is -2.25. The number of hydrogen-bond donors (Lipinski definition) is 1. The summed E-state index contributed by atoms with van der Waals surface area (Å²) in [6.07, 6.45) is 13.0. The van der Waals surface area contributed by atoms with Crippen molar-refractivity contribution in [2.75, 3.05) is 0 Å². The predicted octanol–water partition coefficient (Wildman–Crippen LogP) is 1.67. The monoisotopic (exact) mass is 245 g/mol. The summed E-state index contributed by atoms with van der Waals surface area (Å²) in [7, 11) is 0. The SMILES string of the molecule is O=C(C[C@H]1C=CCC1)N[C@H]1CCc2nccn2C1. The van der Waals surface area contributed by atoms with Gasteiger partial charge in [-0.1, -0.05) is 12.2 Å².